The second kappa shape index (κ2) is 5.36. The van der Waals surface area contributed by atoms with Crippen LogP contribution in [0.15, 0.2) is 22.7 Å². The maximum Gasteiger partial charge on any atom is 0.263 e. The molecule has 2 N–H and O–H groups in total. The third-order valence-corrected chi connectivity index (χ3v) is 2.82. The second-order valence-electron chi connectivity index (χ2n) is 4.56. The smallest absolute Gasteiger partial charge is 0.263 e. The van der Waals surface area contributed by atoms with Gasteiger partial charge in [-0.1, -0.05) is 25.1 Å². The number of nitrogens with two attached hydrogens (primary N) is 1. The second-order valence-corrected chi connectivity index (χ2v) is 4.56. The van der Waals surface area contributed by atoms with Crippen LogP contribution in [-0.4, -0.2) is 17.3 Å². The lowest BCUT2D eigenvalue weighted by Crippen LogP contribution is -2.10. The third kappa shape index (κ3) is 2.58. The zero-order valence-electron chi connectivity index (χ0n) is 11.1. The van der Waals surface area contributed by atoms with Gasteiger partial charge in [0.1, 0.15) is 11.9 Å². The Bertz CT molecular complexity index is 549. The van der Waals surface area contributed by atoms with Crippen LogP contribution in [0.5, 0.6) is 0 Å². The van der Waals surface area contributed by atoms with Crippen molar-refractivity contribution in [2.24, 2.45) is 5.92 Å². The Morgan fingerprint density at radius 3 is 2.68 bits per heavy atom. The van der Waals surface area contributed by atoms with Gasteiger partial charge in [-0.25, -0.2) is 4.39 Å². The standard InChI is InChI=1S/C13H16FN3O2/c1-7(2)11(18-3)12-16-13(19-17-12)10-8(14)5-4-6-9(10)15/h4-7,11H,15H2,1-3H3. The molecule has 0 bridgehead atoms. The van der Waals surface area contributed by atoms with Crippen molar-refractivity contribution >= 4 is 5.69 Å². The number of nitrogens with zero attached hydrogens (tertiary/aromatic N) is 2. The summed E-state index contributed by atoms with van der Waals surface area (Å²) < 4.78 is 24.1. The largest absolute Gasteiger partial charge is 0.398 e. The van der Waals surface area contributed by atoms with Crippen molar-refractivity contribution in [1.29, 1.82) is 0 Å². The average Bonchev–Trinajstić information content (AvgIpc) is 2.78. The molecule has 1 aromatic heterocycles. The highest BCUT2D eigenvalue weighted by atomic mass is 19.1. The number of anilines is 1. The first-order chi connectivity index (χ1) is 9.04. The van der Waals surface area contributed by atoms with E-state index in [9.17, 15) is 4.39 Å². The quantitative estimate of drug-likeness (QED) is 0.860. The van der Waals surface area contributed by atoms with E-state index in [4.69, 9.17) is 15.0 Å². The maximum absolute atomic E-state index is 13.7. The van der Waals surface area contributed by atoms with E-state index in [1.54, 1.807) is 13.2 Å². The summed E-state index contributed by atoms with van der Waals surface area (Å²) in [6, 6.07) is 4.40. The van der Waals surface area contributed by atoms with Gasteiger partial charge in [-0.15, -0.1) is 0 Å². The van der Waals surface area contributed by atoms with Gasteiger partial charge >= 0.3 is 0 Å². The number of aromatic nitrogens is 2. The van der Waals surface area contributed by atoms with E-state index in [2.05, 4.69) is 10.1 Å². The first kappa shape index (κ1) is 13.5. The van der Waals surface area contributed by atoms with Gasteiger partial charge in [-0.3, -0.25) is 0 Å². The lowest BCUT2D eigenvalue weighted by molar-refractivity contribution is 0.0556. The van der Waals surface area contributed by atoms with Gasteiger partial charge in [0.15, 0.2) is 0 Å². The summed E-state index contributed by atoms with van der Waals surface area (Å²) in [5, 5.41) is 3.83. The first-order valence-electron chi connectivity index (χ1n) is 5.95. The predicted octanol–water partition coefficient (Wildman–Crippen LogP) is 2.80. The molecular weight excluding hydrogens is 249 g/mol. The van der Waals surface area contributed by atoms with E-state index in [1.165, 1.54) is 12.1 Å². The number of ether oxygens (including phenoxy) is 1. The van der Waals surface area contributed by atoms with Crippen molar-refractivity contribution < 1.29 is 13.7 Å². The average molecular weight is 265 g/mol. The van der Waals surface area contributed by atoms with E-state index in [1.807, 2.05) is 13.8 Å². The van der Waals surface area contributed by atoms with Crippen LogP contribution < -0.4 is 5.73 Å². The summed E-state index contributed by atoms with van der Waals surface area (Å²) in [5.41, 5.74) is 6.11. The number of benzene rings is 1. The van der Waals surface area contributed by atoms with Crippen molar-refractivity contribution in [3.8, 4) is 11.5 Å². The summed E-state index contributed by atoms with van der Waals surface area (Å²) in [4.78, 5) is 4.17. The summed E-state index contributed by atoms with van der Waals surface area (Å²) >= 11 is 0. The van der Waals surface area contributed by atoms with Crippen LogP contribution in [0.3, 0.4) is 0 Å². The summed E-state index contributed by atoms with van der Waals surface area (Å²) in [7, 11) is 1.57. The fourth-order valence-electron chi connectivity index (χ4n) is 1.89. The van der Waals surface area contributed by atoms with Gasteiger partial charge in [-0.05, 0) is 18.1 Å². The normalized spacial score (nSPS) is 12.9. The lowest BCUT2D eigenvalue weighted by Gasteiger charge is -2.14. The molecule has 0 amide bonds. The molecular formula is C13H16FN3O2. The lowest BCUT2D eigenvalue weighted by atomic mass is 10.1. The fourth-order valence-corrected chi connectivity index (χ4v) is 1.89. The minimum atomic E-state index is -0.492. The molecule has 1 unspecified atom stereocenters. The molecule has 2 aromatic rings. The Morgan fingerprint density at radius 1 is 1.37 bits per heavy atom. The molecule has 2 rings (SSSR count). The summed E-state index contributed by atoms with van der Waals surface area (Å²) in [6.07, 6.45) is -0.300. The van der Waals surface area contributed by atoms with Crippen LogP contribution in [0.4, 0.5) is 10.1 Å². The summed E-state index contributed by atoms with van der Waals surface area (Å²) in [5.74, 6) is 0.130. The van der Waals surface area contributed by atoms with Gasteiger partial charge in [0.25, 0.3) is 5.89 Å². The predicted molar refractivity (Wildman–Crippen MR) is 68.7 cm³/mol. The molecule has 19 heavy (non-hydrogen) atoms. The molecule has 0 fully saturated rings. The fraction of sp³-hybridized carbons (Fsp3) is 0.385. The minimum absolute atomic E-state index is 0.0632. The highest BCUT2D eigenvalue weighted by molar-refractivity contribution is 5.70. The van der Waals surface area contributed by atoms with Crippen molar-refractivity contribution in [3.63, 3.8) is 0 Å². The Labute approximate surface area is 110 Å². The zero-order valence-corrected chi connectivity index (χ0v) is 11.1. The highest BCUT2D eigenvalue weighted by Crippen LogP contribution is 2.30. The van der Waals surface area contributed by atoms with Gasteiger partial charge in [-0.2, -0.15) is 4.98 Å². The Balaban J connectivity index is 2.41. The number of hydrogen-bond donors (Lipinski definition) is 1. The minimum Gasteiger partial charge on any atom is -0.398 e. The number of rotatable bonds is 4. The first-order valence-corrected chi connectivity index (χ1v) is 5.95. The van der Waals surface area contributed by atoms with Crippen molar-refractivity contribution in [1.82, 2.24) is 10.1 Å². The van der Waals surface area contributed by atoms with Crippen LogP contribution in [0.1, 0.15) is 25.8 Å². The molecule has 6 heteroatoms. The highest BCUT2D eigenvalue weighted by Gasteiger charge is 2.23. The number of halogens is 1. The molecule has 5 nitrogen and oxygen atoms in total. The monoisotopic (exact) mass is 265 g/mol. The maximum atomic E-state index is 13.7. The Kier molecular flexibility index (Phi) is 3.80. The number of nitrogen functional groups attached to an aromatic ring is 1. The molecule has 0 aliphatic rings. The van der Waals surface area contributed by atoms with E-state index in [-0.39, 0.29) is 29.2 Å². The molecule has 0 saturated heterocycles. The van der Waals surface area contributed by atoms with Crippen molar-refractivity contribution in [3.05, 3.63) is 29.8 Å². The molecule has 102 valence electrons. The van der Waals surface area contributed by atoms with E-state index in [0.717, 1.165) is 0 Å². The van der Waals surface area contributed by atoms with Crippen LogP contribution in [-0.2, 0) is 4.74 Å². The molecule has 1 heterocycles. The zero-order chi connectivity index (χ0) is 14.0. The molecule has 1 aromatic carbocycles. The molecule has 0 spiro atoms. The van der Waals surface area contributed by atoms with Crippen LogP contribution in [0.2, 0.25) is 0 Å². The van der Waals surface area contributed by atoms with Gasteiger partial charge < -0.3 is 15.0 Å². The van der Waals surface area contributed by atoms with Gasteiger partial charge in [0.05, 0.1) is 5.56 Å². The van der Waals surface area contributed by atoms with E-state index in [0.29, 0.717) is 5.82 Å². The van der Waals surface area contributed by atoms with Crippen molar-refractivity contribution in [2.75, 3.05) is 12.8 Å². The van der Waals surface area contributed by atoms with Crippen LogP contribution >= 0.6 is 0 Å². The molecule has 1 atom stereocenters. The molecule has 0 aliphatic carbocycles. The van der Waals surface area contributed by atoms with Gasteiger partial charge in [0.2, 0.25) is 5.82 Å². The van der Waals surface area contributed by atoms with Gasteiger partial charge in [0, 0.05) is 12.8 Å². The summed E-state index contributed by atoms with van der Waals surface area (Å²) in [6.45, 7) is 3.95. The Morgan fingerprint density at radius 2 is 2.11 bits per heavy atom. The third-order valence-electron chi connectivity index (χ3n) is 2.82. The van der Waals surface area contributed by atoms with Crippen LogP contribution in [0.25, 0.3) is 11.5 Å². The molecule has 0 aliphatic heterocycles. The number of methoxy groups -OCH3 is 1. The van der Waals surface area contributed by atoms with E-state index < -0.39 is 5.82 Å². The molecule has 0 saturated carbocycles. The van der Waals surface area contributed by atoms with Crippen LogP contribution in [0, 0.1) is 11.7 Å². The van der Waals surface area contributed by atoms with Crippen molar-refractivity contribution in [2.45, 2.75) is 20.0 Å². The topological polar surface area (TPSA) is 74.2 Å². The van der Waals surface area contributed by atoms with E-state index >= 15 is 0 Å². The molecule has 0 radical (unpaired) electrons. The number of hydrogen-bond acceptors (Lipinski definition) is 5. The Hall–Kier alpha value is -1.95. The SMILES string of the molecule is COC(c1noc(-c2c(N)cccc2F)n1)C(C)C.